The third kappa shape index (κ3) is 2.41. The molecule has 3 rings (SSSR count). The number of fused-ring (bicyclic) bond motifs is 2. The summed E-state index contributed by atoms with van der Waals surface area (Å²) >= 11 is 0. The van der Waals surface area contributed by atoms with Crippen LogP contribution in [0.4, 0.5) is 13.2 Å². The summed E-state index contributed by atoms with van der Waals surface area (Å²) < 4.78 is 40.2. The molecule has 0 saturated heterocycles. The highest BCUT2D eigenvalue weighted by Crippen LogP contribution is 2.49. The van der Waals surface area contributed by atoms with Gasteiger partial charge in [-0.1, -0.05) is 6.08 Å². The van der Waals surface area contributed by atoms with Gasteiger partial charge in [-0.2, -0.15) is 13.2 Å². The van der Waals surface area contributed by atoms with Crippen LogP contribution in [0.1, 0.15) is 25.7 Å². The first-order valence-corrected chi connectivity index (χ1v) is 7.45. The molecule has 0 bridgehead atoms. The van der Waals surface area contributed by atoms with E-state index >= 15 is 0 Å². The highest BCUT2D eigenvalue weighted by molar-refractivity contribution is 5.84. The largest absolute Gasteiger partial charge is 0.396 e. The van der Waals surface area contributed by atoms with Crippen molar-refractivity contribution in [2.75, 3.05) is 13.7 Å². The summed E-state index contributed by atoms with van der Waals surface area (Å²) in [7, 11) is 1.77. The van der Waals surface area contributed by atoms with Crippen molar-refractivity contribution in [1.82, 2.24) is 10.2 Å². The molecule has 122 valence electrons. The highest BCUT2D eigenvalue weighted by Gasteiger charge is 2.52. The minimum Gasteiger partial charge on any atom is -0.396 e. The fourth-order valence-electron chi connectivity index (χ4n) is 3.97. The van der Waals surface area contributed by atoms with Gasteiger partial charge in [0.25, 0.3) is 0 Å². The lowest BCUT2D eigenvalue weighted by Crippen LogP contribution is -2.48. The fourth-order valence-corrected chi connectivity index (χ4v) is 3.97. The zero-order valence-electron chi connectivity index (χ0n) is 12.3. The van der Waals surface area contributed by atoms with Gasteiger partial charge in [-0.15, -0.1) is 0 Å². The molecule has 1 aliphatic carbocycles. The summed E-state index contributed by atoms with van der Waals surface area (Å²) in [6.07, 6.45) is -1.50. The van der Waals surface area contributed by atoms with Crippen molar-refractivity contribution < 1.29 is 23.1 Å². The Labute approximate surface area is 126 Å². The maximum atomic E-state index is 13.4. The summed E-state index contributed by atoms with van der Waals surface area (Å²) in [5.41, 5.74) is 1.58. The van der Waals surface area contributed by atoms with Crippen molar-refractivity contribution in [3.8, 4) is 0 Å². The van der Waals surface area contributed by atoms with E-state index in [1.807, 2.05) is 11.0 Å². The molecule has 2 N–H and O–H groups in total. The summed E-state index contributed by atoms with van der Waals surface area (Å²) in [6.45, 7) is -0.0268. The van der Waals surface area contributed by atoms with Crippen LogP contribution < -0.4 is 5.32 Å². The standard InChI is InChI=1S/C15H19F3N2O2/c1-20-8(4-5-21)2-3-9-12(20)7-11(15(16,17)18)10-6-13(22)19-14(9)10/h2,9,11-12,21H,3-7H2,1H3,(H,19,22). The van der Waals surface area contributed by atoms with Gasteiger partial charge in [0.05, 0.1) is 12.3 Å². The van der Waals surface area contributed by atoms with Gasteiger partial charge in [-0.05, 0) is 18.4 Å². The number of carbonyl (C=O) groups is 1. The molecule has 7 heteroatoms. The Morgan fingerprint density at radius 2 is 2.18 bits per heavy atom. The van der Waals surface area contributed by atoms with Crippen LogP contribution in [-0.4, -0.2) is 41.8 Å². The number of nitrogens with one attached hydrogen (secondary N) is 1. The van der Waals surface area contributed by atoms with Gasteiger partial charge >= 0.3 is 6.18 Å². The van der Waals surface area contributed by atoms with Gasteiger partial charge in [0.1, 0.15) is 0 Å². The second kappa shape index (κ2) is 5.30. The van der Waals surface area contributed by atoms with E-state index in [1.54, 1.807) is 7.05 Å². The van der Waals surface area contributed by atoms with Gasteiger partial charge in [0.15, 0.2) is 0 Å². The second-order valence-electron chi connectivity index (χ2n) is 6.18. The lowest BCUT2D eigenvalue weighted by atomic mass is 9.73. The van der Waals surface area contributed by atoms with Crippen LogP contribution in [0, 0.1) is 11.8 Å². The molecule has 0 aromatic rings. The van der Waals surface area contributed by atoms with E-state index in [1.165, 1.54) is 0 Å². The van der Waals surface area contributed by atoms with Crippen molar-refractivity contribution >= 4 is 5.91 Å². The van der Waals surface area contributed by atoms with Crippen LogP contribution in [0.2, 0.25) is 0 Å². The SMILES string of the molecule is CN1C(CCO)=CCC2C3=C(CC(=O)N3)C(C(F)(F)F)CC21. The average molecular weight is 316 g/mol. The maximum Gasteiger partial charge on any atom is 0.395 e. The lowest BCUT2D eigenvalue weighted by molar-refractivity contribution is -0.172. The predicted octanol–water partition coefficient (Wildman–Crippen LogP) is 1.93. The molecule has 2 aliphatic heterocycles. The van der Waals surface area contributed by atoms with Gasteiger partial charge in [-0.25, -0.2) is 0 Å². The molecular formula is C15H19F3N2O2. The number of allylic oxidation sites excluding steroid dienone is 1. The van der Waals surface area contributed by atoms with E-state index in [-0.39, 0.29) is 42.9 Å². The van der Waals surface area contributed by atoms with Crippen LogP contribution in [0.3, 0.4) is 0 Å². The first-order chi connectivity index (χ1) is 10.3. The number of carbonyl (C=O) groups excluding carboxylic acids is 1. The summed E-state index contributed by atoms with van der Waals surface area (Å²) in [5, 5.41) is 11.7. The van der Waals surface area contributed by atoms with E-state index < -0.39 is 12.1 Å². The van der Waals surface area contributed by atoms with E-state index in [0.717, 1.165) is 5.70 Å². The fraction of sp³-hybridized carbons (Fsp3) is 0.667. The lowest BCUT2D eigenvalue weighted by Gasteiger charge is -2.46. The smallest absolute Gasteiger partial charge is 0.395 e. The van der Waals surface area contributed by atoms with Crippen molar-refractivity contribution in [1.29, 1.82) is 0 Å². The molecule has 2 heterocycles. The minimum atomic E-state index is -4.34. The molecule has 0 spiro atoms. The molecule has 0 saturated carbocycles. The van der Waals surface area contributed by atoms with Crippen LogP contribution in [0.15, 0.2) is 23.0 Å². The second-order valence-corrected chi connectivity index (χ2v) is 6.18. The van der Waals surface area contributed by atoms with Gasteiger partial charge in [0.2, 0.25) is 5.91 Å². The maximum absolute atomic E-state index is 13.4. The van der Waals surface area contributed by atoms with E-state index in [9.17, 15) is 18.0 Å². The summed E-state index contributed by atoms with van der Waals surface area (Å²) in [5.74, 6) is -2.00. The number of rotatable bonds is 2. The van der Waals surface area contributed by atoms with E-state index in [4.69, 9.17) is 5.11 Å². The molecule has 0 aromatic carbocycles. The monoisotopic (exact) mass is 316 g/mol. The Kier molecular flexibility index (Phi) is 3.71. The van der Waals surface area contributed by atoms with Crippen molar-refractivity contribution in [2.24, 2.45) is 11.8 Å². The highest BCUT2D eigenvalue weighted by atomic mass is 19.4. The molecule has 4 nitrogen and oxygen atoms in total. The van der Waals surface area contributed by atoms with Crippen LogP contribution in [0.25, 0.3) is 0 Å². The molecular weight excluding hydrogens is 297 g/mol. The Morgan fingerprint density at radius 1 is 1.45 bits per heavy atom. The number of alkyl halides is 3. The number of hydrogen-bond acceptors (Lipinski definition) is 3. The molecule has 0 aromatic heterocycles. The number of halogens is 3. The third-order valence-electron chi connectivity index (χ3n) is 5.03. The Morgan fingerprint density at radius 3 is 2.82 bits per heavy atom. The molecule has 0 radical (unpaired) electrons. The van der Waals surface area contributed by atoms with Crippen LogP contribution >= 0.6 is 0 Å². The van der Waals surface area contributed by atoms with E-state index in [2.05, 4.69) is 5.32 Å². The van der Waals surface area contributed by atoms with Crippen LogP contribution in [-0.2, 0) is 4.79 Å². The van der Waals surface area contributed by atoms with Crippen molar-refractivity contribution in [3.05, 3.63) is 23.0 Å². The zero-order chi connectivity index (χ0) is 16.1. The molecule has 0 fully saturated rings. The zero-order valence-corrected chi connectivity index (χ0v) is 12.3. The topological polar surface area (TPSA) is 52.6 Å². The number of hydrogen-bond donors (Lipinski definition) is 2. The number of amides is 1. The Balaban J connectivity index is 1.97. The first kappa shape index (κ1) is 15.4. The molecule has 1 amide bonds. The Bertz CT molecular complexity index is 553. The quantitative estimate of drug-likeness (QED) is 0.818. The molecule has 22 heavy (non-hydrogen) atoms. The first-order valence-electron chi connectivity index (χ1n) is 7.45. The van der Waals surface area contributed by atoms with Gasteiger partial charge < -0.3 is 15.3 Å². The summed E-state index contributed by atoms with van der Waals surface area (Å²) in [6, 6.07) is -0.296. The number of aliphatic hydroxyl groups is 1. The third-order valence-corrected chi connectivity index (χ3v) is 5.03. The van der Waals surface area contributed by atoms with E-state index in [0.29, 0.717) is 18.5 Å². The van der Waals surface area contributed by atoms with Gasteiger partial charge in [0, 0.05) is 43.4 Å². The number of aliphatic hydroxyl groups excluding tert-OH is 1. The average Bonchev–Trinajstić information content (AvgIpc) is 2.81. The van der Waals surface area contributed by atoms with Crippen molar-refractivity contribution in [2.45, 2.75) is 37.9 Å². The summed E-state index contributed by atoms with van der Waals surface area (Å²) in [4.78, 5) is 13.5. The molecule has 3 unspecified atom stereocenters. The minimum absolute atomic E-state index is 0.0266. The van der Waals surface area contributed by atoms with Gasteiger partial charge in [-0.3, -0.25) is 4.79 Å². The number of nitrogens with zero attached hydrogens (tertiary/aromatic N) is 1. The Hall–Kier alpha value is -1.50. The predicted molar refractivity (Wildman–Crippen MR) is 73.4 cm³/mol. The van der Waals surface area contributed by atoms with Crippen molar-refractivity contribution in [3.63, 3.8) is 0 Å². The normalized spacial score (nSPS) is 31.7. The molecule has 3 atom stereocenters. The molecule has 3 aliphatic rings. The van der Waals surface area contributed by atoms with Crippen LogP contribution in [0.5, 0.6) is 0 Å².